The SMILES string of the molecule is CC(C)(C)[Si](OCCC1(c2ccccc2)SC(c2cc(F)ccc2F)=NN1C(=S)NC(=O)c1ccccc1)c1ccccc1. The molecule has 5 nitrogen and oxygen atoms in total. The van der Waals surface area contributed by atoms with Crippen molar-refractivity contribution in [1.29, 1.82) is 0 Å². The number of hydrogen-bond donors (Lipinski definition) is 1. The summed E-state index contributed by atoms with van der Waals surface area (Å²) in [5.74, 6) is -1.60. The molecule has 4 aromatic rings. The van der Waals surface area contributed by atoms with E-state index in [0.717, 1.165) is 28.9 Å². The molecule has 225 valence electrons. The second kappa shape index (κ2) is 13.5. The summed E-state index contributed by atoms with van der Waals surface area (Å²) >= 11 is 7.07. The van der Waals surface area contributed by atoms with Crippen molar-refractivity contribution in [1.82, 2.24) is 10.3 Å². The Morgan fingerprint density at radius 3 is 2.20 bits per heavy atom. The second-order valence-corrected chi connectivity index (χ2v) is 15.9. The van der Waals surface area contributed by atoms with Gasteiger partial charge in [-0.3, -0.25) is 10.1 Å². The molecule has 0 aliphatic carbocycles. The third-order valence-electron chi connectivity index (χ3n) is 7.04. The van der Waals surface area contributed by atoms with Gasteiger partial charge in [-0.05, 0) is 58.3 Å². The fraction of sp³-hybridized carbons (Fsp3) is 0.206. The summed E-state index contributed by atoms with van der Waals surface area (Å²) in [5.41, 5.74) is 1.26. The first-order valence-electron chi connectivity index (χ1n) is 14.1. The van der Waals surface area contributed by atoms with Crippen LogP contribution in [0.25, 0.3) is 0 Å². The third-order valence-corrected chi connectivity index (χ3v) is 11.5. The van der Waals surface area contributed by atoms with Crippen molar-refractivity contribution in [2.45, 2.75) is 37.1 Å². The highest BCUT2D eigenvalue weighted by atomic mass is 32.2. The summed E-state index contributed by atoms with van der Waals surface area (Å²) in [7, 11) is -1.48. The first-order chi connectivity index (χ1) is 21.1. The Labute approximate surface area is 268 Å². The molecule has 5 rings (SSSR count). The van der Waals surface area contributed by atoms with Gasteiger partial charge in [-0.25, -0.2) is 13.8 Å². The molecule has 0 fully saturated rings. The summed E-state index contributed by atoms with van der Waals surface area (Å²) in [4.78, 5) is 12.1. The van der Waals surface area contributed by atoms with Crippen molar-refractivity contribution in [3.8, 4) is 0 Å². The number of thioether (sulfide) groups is 1. The number of carbonyl (C=O) groups excluding carboxylic acids is 1. The number of halogens is 2. The van der Waals surface area contributed by atoms with Gasteiger partial charge in [-0.15, -0.1) is 0 Å². The number of carbonyl (C=O) groups is 1. The average Bonchev–Trinajstić information content (AvgIpc) is 3.42. The quantitative estimate of drug-likeness (QED) is 0.161. The summed E-state index contributed by atoms with van der Waals surface area (Å²) in [6, 6.07) is 31.8. The van der Waals surface area contributed by atoms with Crippen molar-refractivity contribution in [3.05, 3.63) is 138 Å². The number of nitrogens with zero attached hydrogens (tertiary/aromatic N) is 2. The molecule has 1 atom stereocenters. The lowest BCUT2D eigenvalue weighted by atomic mass is 10.0. The molecule has 1 unspecified atom stereocenters. The predicted octanol–water partition coefficient (Wildman–Crippen LogP) is 7.35. The summed E-state index contributed by atoms with van der Waals surface area (Å²) in [5, 5.41) is 10.4. The number of hydrogen-bond acceptors (Lipinski definition) is 5. The Morgan fingerprint density at radius 2 is 1.57 bits per heavy atom. The van der Waals surface area contributed by atoms with Gasteiger partial charge in [-0.1, -0.05) is 111 Å². The molecule has 1 aliphatic rings. The highest BCUT2D eigenvalue weighted by Gasteiger charge is 2.48. The van der Waals surface area contributed by atoms with Gasteiger partial charge < -0.3 is 4.43 Å². The van der Waals surface area contributed by atoms with Crippen LogP contribution in [-0.2, 0) is 9.30 Å². The minimum absolute atomic E-state index is 0.0136. The highest BCUT2D eigenvalue weighted by molar-refractivity contribution is 8.15. The molecule has 0 aromatic heterocycles. The van der Waals surface area contributed by atoms with Gasteiger partial charge in [0.25, 0.3) is 14.9 Å². The number of rotatable bonds is 8. The van der Waals surface area contributed by atoms with Crippen molar-refractivity contribution >= 4 is 54.3 Å². The van der Waals surface area contributed by atoms with Crippen LogP contribution in [0, 0.1) is 11.6 Å². The van der Waals surface area contributed by atoms with Gasteiger partial charge in [-0.2, -0.15) is 5.10 Å². The maximum absolute atomic E-state index is 15.1. The fourth-order valence-corrected chi connectivity index (χ4v) is 8.96. The Kier molecular flexibility index (Phi) is 9.74. The van der Waals surface area contributed by atoms with Crippen LogP contribution in [0.2, 0.25) is 5.04 Å². The van der Waals surface area contributed by atoms with Crippen LogP contribution >= 0.6 is 24.0 Å². The van der Waals surface area contributed by atoms with E-state index in [1.165, 1.54) is 16.8 Å². The molecular weight excluding hydrogens is 613 g/mol. The van der Waals surface area contributed by atoms with E-state index in [0.29, 0.717) is 18.6 Å². The van der Waals surface area contributed by atoms with E-state index in [2.05, 4.69) is 38.2 Å². The van der Waals surface area contributed by atoms with Crippen LogP contribution in [0.1, 0.15) is 48.7 Å². The Morgan fingerprint density at radius 1 is 0.955 bits per heavy atom. The Bertz CT molecular complexity index is 1650. The molecule has 1 amide bonds. The molecule has 1 aliphatic heterocycles. The summed E-state index contributed by atoms with van der Waals surface area (Å²) in [6.07, 6.45) is 0.379. The van der Waals surface area contributed by atoms with Crippen LogP contribution in [0.4, 0.5) is 8.78 Å². The monoisotopic (exact) mass is 644 g/mol. The van der Waals surface area contributed by atoms with Crippen molar-refractivity contribution in [3.63, 3.8) is 0 Å². The molecule has 0 spiro atoms. The Hall–Kier alpha value is -3.70. The van der Waals surface area contributed by atoms with E-state index < -0.39 is 31.5 Å². The number of hydrazone groups is 1. The second-order valence-electron chi connectivity index (χ2n) is 11.3. The molecule has 1 radical (unpaired) electrons. The number of benzene rings is 4. The zero-order valence-corrected chi connectivity index (χ0v) is 27.2. The van der Waals surface area contributed by atoms with Crippen LogP contribution in [0.5, 0.6) is 0 Å². The first kappa shape index (κ1) is 31.7. The minimum Gasteiger partial charge on any atom is -0.411 e. The molecule has 1 heterocycles. The van der Waals surface area contributed by atoms with E-state index >= 15 is 4.39 Å². The largest absolute Gasteiger partial charge is 0.411 e. The van der Waals surface area contributed by atoms with E-state index in [1.807, 2.05) is 54.6 Å². The number of nitrogens with one attached hydrogen (secondary N) is 1. The minimum atomic E-state index is -1.48. The first-order valence-corrected chi connectivity index (χ1v) is 16.8. The van der Waals surface area contributed by atoms with Crippen LogP contribution in [0.3, 0.4) is 0 Å². The van der Waals surface area contributed by atoms with E-state index in [-0.39, 0.29) is 20.8 Å². The van der Waals surface area contributed by atoms with Gasteiger partial charge in [0.05, 0.1) is 0 Å². The lowest BCUT2D eigenvalue weighted by molar-refractivity contribution is 0.0969. The molecule has 4 aromatic carbocycles. The molecule has 10 heteroatoms. The lowest BCUT2D eigenvalue weighted by Gasteiger charge is -2.38. The normalized spacial score (nSPS) is 16.6. The van der Waals surface area contributed by atoms with Crippen molar-refractivity contribution in [2.24, 2.45) is 5.10 Å². The van der Waals surface area contributed by atoms with Gasteiger partial charge in [0, 0.05) is 24.2 Å². The predicted molar refractivity (Wildman–Crippen MR) is 179 cm³/mol. The molecule has 0 saturated carbocycles. The molecule has 44 heavy (non-hydrogen) atoms. The van der Waals surface area contributed by atoms with Gasteiger partial charge in [0.1, 0.15) is 21.5 Å². The van der Waals surface area contributed by atoms with Gasteiger partial charge in [0.15, 0.2) is 5.11 Å². The molecule has 1 N–H and O–H groups in total. The standard InChI is InChI=1S/C34H32F2N3O2S2Si/c1-33(2,3)44(27-17-11-6-12-18-27)41-22-21-34(25-15-9-5-10-16-25)39(32(42)37-30(40)24-13-7-4-8-14-24)38-31(43-34)28-23-26(35)19-20-29(28)36/h4-20,23H,21-22H2,1-3H3,(H,37,40,42). The van der Waals surface area contributed by atoms with Crippen LogP contribution in [-0.4, -0.2) is 36.7 Å². The molecule has 0 saturated heterocycles. The maximum atomic E-state index is 15.1. The van der Waals surface area contributed by atoms with Crippen molar-refractivity contribution < 1.29 is 18.0 Å². The van der Waals surface area contributed by atoms with E-state index in [9.17, 15) is 9.18 Å². The fourth-order valence-electron chi connectivity index (χ4n) is 4.98. The zero-order chi connectivity index (χ0) is 31.3. The lowest BCUT2D eigenvalue weighted by Crippen LogP contribution is -2.49. The zero-order valence-electron chi connectivity index (χ0n) is 24.6. The van der Waals surface area contributed by atoms with Crippen molar-refractivity contribution in [2.75, 3.05) is 6.61 Å². The summed E-state index contributed by atoms with van der Waals surface area (Å²) in [6.45, 7) is 6.82. The third kappa shape index (κ3) is 6.99. The van der Waals surface area contributed by atoms with E-state index in [4.69, 9.17) is 21.7 Å². The van der Waals surface area contributed by atoms with Gasteiger partial charge in [0.2, 0.25) is 0 Å². The molecular formula is C34H32F2N3O2S2Si. The molecule has 0 bridgehead atoms. The number of amides is 1. The maximum Gasteiger partial charge on any atom is 0.257 e. The smallest absolute Gasteiger partial charge is 0.257 e. The number of thiocarbonyl (C=S) groups is 1. The summed E-state index contributed by atoms with van der Waals surface area (Å²) < 4.78 is 36.2. The van der Waals surface area contributed by atoms with E-state index in [1.54, 1.807) is 24.3 Å². The topological polar surface area (TPSA) is 53.9 Å². The Balaban J connectivity index is 1.54. The highest BCUT2D eigenvalue weighted by Crippen LogP contribution is 2.50. The van der Waals surface area contributed by atoms with Crippen LogP contribution < -0.4 is 10.5 Å². The van der Waals surface area contributed by atoms with Gasteiger partial charge >= 0.3 is 0 Å². The average molecular weight is 645 g/mol. The van der Waals surface area contributed by atoms with Crippen LogP contribution in [0.15, 0.2) is 114 Å².